The summed E-state index contributed by atoms with van der Waals surface area (Å²) in [5.41, 5.74) is 4.21. The van der Waals surface area contributed by atoms with Crippen molar-refractivity contribution in [3.05, 3.63) is 59.9 Å². The Kier molecular flexibility index (Phi) is 1.63. The lowest BCUT2D eigenvalue weighted by atomic mass is 9.98. The van der Waals surface area contributed by atoms with Crippen LogP contribution in [0.25, 0.3) is 5.52 Å². The molecule has 68 valence electrons. The van der Waals surface area contributed by atoms with Crippen LogP contribution in [0.5, 0.6) is 0 Å². The molecule has 2 heterocycles. The maximum atomic E-state index is 2.29. The van der Waals surface area contributed by atoms with Gasteiger partial charge in [0, 0.05) is 23.8 Å². The molecule has 0 radical (unpaired) electrons. The lowest BCUT2D eigenvalue weighted by molar-refractivity contribution is -0.512. The van der Waals surface area contributed by atoms with Gasteiger partial charge >= 0.3 is 0 Å². The second kappa shape index (κ2) is 2.95. The van der Waals surface area contributed by atoms with Crippen molar-refractivity contribution >= 4 is 5.52 Å². The van der Waals surface area contributed by atoms with Gasteiger partial charge in [-0.2, -0.15) is 4.40 Å². The SMILES string of the molecule is C1=CCc2c[n+]3ccccc3cc2C1. The van der Waals surface area contributed by atoms with Gasteiger partial charge in [-0.05, 0) is 24.5 Å². The Hall–Kier alpha value is -1.63. The van der Waals surface area contributed by atoms with Crippen LogP contribution < -0.4 is 4.40 Å². The van der Waals surface area contributed by atoms with E-state index in [0.29, 0.717) is 0 Å². The van der Waals surface area contributed by atoms with Crippen LogP contribution in [0, 0.1) is 0 Å². The third-order valence-electron chi connectivity index (χ3n) is 2.79. The summed E-state index contributed by atoms with van der Waals surface area (Å²) >= 11 is 0. The van der Waals surface area contributed by atoms with Gasteiger partial charge in [0.25, 0.3) is 0 Å². The average molecular weight is 182 g/mol. The Labute approximate surface area is 83.3 Å². The summed E-state index contributed by atoms with van der Waals surface area (Å²) in [5, 5.41) is 0. The number of hydrogen-bond donors (Lipinski definition) is 0. The maximum Gasteiger partial charge on any atom is 0.210 e. The summed E-state index contributed by atoms with van der Waals surface area (Å²) < 4.78 is 2.19. The van der Waals surface area contributed by atoms with Gasteiger partial charge in [-0.25, -0.2) is 0 Å². The minimum absolute atomic E-state index is 1.08. The highest BCUT2D eigenvalue weighted by molar-refractivity contribution is 5.45. The molecule has 0 amide bonds. The van der Waals surface area contributed by atoms with Crippen LogP contribution in [0.3, 0.4) is 0 Å². The Morgan fingerprint density at radius 3 is 2.79 bits per heavy atom. The van der Waals surface area contributed by atoms with E-state index in [-0.39, 0.29) is 0 Å². The van der Waals surface area contributed by atoms with Gasteiger partial charge < -0.3 is 0 Å². The van der Waals surface area contributed by atoms with Crippen molar-refractivity contribution in [2.24, 2.45) is 0 Å². The zero-order valence-electron chi connectivity index (χ0n) is 7.98. The second-order valence-electron chi connectivity index (χ2n) is 3.74. The average Bonchev–Trinajstić information content (AvgIpc) is 2.26. The summed E-state index contributed by atoms with van der Waals surface area (Å²) in [7, 11) is 0. The third kappa shape index (κ3) is 1.13. The molecule has 0 saturated carbocycles. The molecule has 1 aliphatic rings. The number of fused-ring (bicyclic) bond motifs is 2. The first-order chi connectivity index (χ1) is 6.93. The maximum absolute atomic E-state index is 2.29. The van der Waals surface area contributed by atoms with E-state index >= 15 is 0 Å². The number of rotatable bonds is 0. The minimum Gasteiger partial charge on any atom is -0.167 e. The van der Waals surface area contributed by atoms with Crippen molar-refractivity contribution in [3.63, 3.8) is 0 Å². The molecular formula is C13H12N+. The van der Waals surface area contributed by atoms with Crippen LogP contribution >= 0.6 is 0 Å². The van der Waals surface area contributed by atoms with Gasteiger partial charge in [-0.1, -0.05) is 12.2 Å². The van der Waals surface area contributed by atoms with Gasteiger partial charge in [0.05, 0.1) is 0 Å². The fourth-order valence-electron chi connectivity index (χ4n) is 2.03. The lowest BCUT2D eigenvalue weighted by Gasteiger charge is -2.07. The standard InChI is InChI=1S/C13H12N/c1-2-6-12-10-14-8-4-3-7-13(14)9-11(12)5-1/h1-4,7-10H,5-6H2/q+1. The van der Waals surface area contributed by atoms with Crippen molar-refractivity contribution in [2.45, 2.75) is 12.8 Å². The summed E-state index contributed by atoms with van der Waals surface area (Å²) in [6.07, 6.45) is 11.0. The Balaban J connectivity index is 2.30. The van der Waals surface area contributed by atoms with E-state index in [9.17, 15) is 0 Å². The normalized spacial score (nSPS) is 14.3. The molecule has 0 atom stereocenters. The van der Waals surface area contributed by atoms with Gasteiger partial charge in [-0.3, -0.25) is 0 Å². The number of allylic oxidation sites excluding steroid dienone is 2. The molecule has 0 fully saturated rings. The Morgan fingerprint density at radius 2 is 1.86 bits per heavy atom. The zero-order chi connectivity index (χ0) is 9.38. The quantitative estimate of drug-likeness (QED) is 0.434. The topological polar surface area (TPSA) is 4.10 Å². The van der Waals surface area contributed by atoms with E-state index in [1.54, 1.807) is 0 Å². The molecule has 0 aliphatic heterocycles. The molecular weight excluding hydrogens is 170 g/mol. The highest BCUT2D eigenvalue weighted by atomic mass is 14.8. The summed E-state index contributed by atoms with van der Waals surface area (Å²) in [6, 6.07) is 8.59. The van der Waals surface area contributed by atoms with E-state index in [4.69, 9.17) is 0 Å². The van der Waals surface area contributed by atoms with Crippen molar-refractivity contribution in [1.29, 1.82) is 0 Å². The monoisotopic (exact) mass is 182 g/mol. The smallest absolute Gasteiger partial charge is 0.167 e. The molecule has 0 N–H and O–H groups in total. The van der Waals surface area contributed by atoms with E-state index in [1.807, 2.05) is 0 Å². The van der Waals surface area contributed by atoms with E-state index < -0.39 is 0 Å². The molecule has 3 rings (SSSR count). The zero-order valence-corrected chi connectivity index (χ0v) is 7.98. The van der Waals surface area contributed by atoms with Crippen LogP contribution in [0.1, 0.15) is 11.1 Å². The van der Waals surface area contributed by atoms with Crippen molar-refractivity contribution in [1.82, 2.24) is 0 Å². The minimum atomic E-state index is 1.08. The molecule has 14 heavy (non-hydrogen) atoms. The molecule has 0 aromatic carbocycles. The molecule has 0 spiro atoms. The van der Waals surface area contributed by atoms with Crippen LogP contribution in [0.15, 0.2) is 48.8 Å². The van der Waals surface area contributed by atoms with Gasteiger partial charge in [0.1, 0.15) is 0 Å². The number of nitrogens with zero attached hydrogens (tertiary/aromatic N) is 1. The van der Waals surface area contributed by atoms with E-state index in [2.05, 4.69) is 53.2 Å². The van der Waals surface area contributed by atoms with Crippen molar-refractivity contribution in [2.75, 3.05) is 0 Å². The highest BCUT2D eigenvalue weighted by Gasteiger charge is 2.10. The van der Waals surface area contributed by atoms with E-state index in [0.717, 1.165) is 12.8 Å². The number of aromatic nitrogens is 1. The van der Waals surface area contributed by atoms with Crippen LogP contribution in [-0.2, 0) is 12.8 Å². The number of hydrogen-bond acceptors (Lipinski definition) is 0. The Morgan fingerprint density at radius 1 is 1.00 bits per heavy atom. The van der Waals surface area contributed by atoms with Gasteiger partial charge in [0.15, 0.2) is 12.4 Å². The molecule has 0 bridgehead atoms. The van der Waals surface area contributed by atoms with Gasteiger partial charge in [-0.15, -0.1) is 0 Å². The first-order valence-electron chi connectivity index (χ1n) is 5.00. The molecule has 0 saturated heterocycles. The van der Waals surface area contributed by atoms with Crippen LogP contribution in [0.2, 0.25) is 0 Å². The summed E-state index contributed by atoms with van der Waals surface area (Å²) in [4.78, 5) is 0. The fraction of sp³-hybridized carbons (Fsp3) is 0.154. The molecule has 1 aliphatic carbocycles. The molecule has 1 nitrogen and oxygen atoms in total. The lowest BCUT2D eigenvalue weighted by Crippen LogP contribution is -2.22. The molecule has 0 unspecified atom stereocenters. The molecule has 2 aromatic heterocycles. The largest absolute Gasteiger partial charge is 0.210 e. The predicted octanol–water partition coefficient (Wildman–Crippen LogP) is 2.08. The fourth-order valence-corrected chi connectivity index (χ4v) is 2.03. The Bertz CT molecular complexity index is 465. The number of pyridine rings is 2. The van der Waals surface area contributed by atoms with Crippen LogP contribution in [-0.4, -0.2) is 0 Å². The van der Waals surface area contributed by atoms with Crippen LogP contribution in [0.4, 0.5) is 0 Å². The summed E-state index contributed by atoms with van der Waals surface area (Å²) in [6.45, 7) is 0. The molecule has 1 heteroatoms. The third-order valence-corrected chi connectivity index (χ3v) is 2.79. The van der Waals surface area contributed by atoms with E-state index in [1.165, 1.54) is 16.6 Å². The first-order valence-corrected chi connectivity index (χ1v) is 5.00. The van der Waals surface area contributed by atoms with Crippen molar-refractivity contribution in [3.8, 4) is 0 Å². The molecule has 2 aromatic rings. The highest BCUT2D eigenvalue weighted by Crippen LogP contribution is 2.15. The predicted molar refractivity (Wildman–Crippen MR) is 56.2 cm³/mol. The van der Waals surface area contributed by atoms with Crippen molar-refractivity contribution < 1.29 is 4.40 Å². The second-order valence-corrected chi connectivity index (χ2v) is 3.74. The first kappa shape index (κ1) is 7.74. The summed E-state index contributed by atoms with van der Waals surface area (Å²) in [5.74, 6) is 0. The van der Waals surface area contributed by atoms with Gasteiger partial charge in [0.2, 0.25) is 5.52 Å².